The molecule has 18 heavy (non-hydrogen) atoms. The SMILES string of the molecule is C=C(CN1CCCCC1C(=O)NC)C(=O)OCC. The molecule has 0 aromatic rings. The second-order valence-electron chi connectivity index (χ2n) is 4.42. The molecule has 1 rings (SSSR count). The Balaban J connectivity index is 2.59. The van der Waals surface area contributed by atoms with E-state index in [4.69, 9.17) is 4.74 Å². The molecule has 0 spiro atoms. The van der Waals surface area contributed by atoms with E-state index < -0.39 is 0 Å². The van der Waals surface area contributed by atoms with Gasteiger partial charge < -0.3 is 10.1 Å². The highest BCUT2D eigenvalue weighted by molar-refractivity contribution is 5.88. The van der Waals surface area contributed by atoms with Gasteiger partial charge in [0.1, 0.15) is 0 Å². The van der Waals surface area contributed by atoms with Gasteiger partial charge in [-0.1, -0.05) is 13.0 Å². The second kappa shape index (κ2) is 7.16. The maximum Gasteiger partial charge on any atom is 0.334 e. The van der Waals surface area contributed by atoms with Crippen LogP contribution in [0.2, 0.25) is 0 Å². The molecule has 1 aliphatic rings. The van der Waals surface area contributed by atoms with Gasteiger partial charge in [0.25, 0.3) is 0 Å². The van der Waals surface area contributed by atoms with Crippen molar-refractivity contribution in [2.75, 3.05) is 26.7 Å². The number of piperidine rings is 1. The van der Waals surface area contributed by atoms with Crippen LogP contribution in [-0.4, -0.2) is 49.6 Å². The van der Waals surface area contributed by atoms with Gasteiger partial charge in [0, 0.05) is 19.2 Å². The van der Waals surface area contributed by atoms with Gasteiger partial charge in [0.2, 0.25) is 5.91 Å². The zero-order chi connectivity index (χ0) is 13.5. The molecule has 0 radical (unpaired) electrons. The topological polar surface area (TPSA) is 58.6 Å². The number of carbonyl (C=O) groups excluding carboxylic acids is 2. The number of amides is 1. The summed E-state index contributed by atoms with van der Waals surface area (Å²) >= 11 is 0. The van der Waals surface area contributed by atoms with Crippen LogP contribution in [0.25, 0.3) is 0 Å². The van der Waals surface area contributed by atoms with Crippen LogP contribution in [0.4, 0.5) is 0 Å². The Labute approximate surface area is 108 Å². The predicted octanol–water partition coefficient (Wildman–Crippen LogP) is 0.706. The van der Waals surface area contributed by atoms with Crippen LogP contribution in [0.15, 0.2) is 12.2 Å². The van der Waals surface area contributed by atoms with E-state index in [0.29, 0.717) is 18.7 Å². The van der Waals surface area contributed by atoms with Crippen LogP contribution in [-0.2, 0) is 14.3 Å². The van der Waals surface area contributed by atoms with Crippen molar-refractivity contribution in [2.24, 2.45) is 0 Å². The number of ether oxygens (including phenoxy) is 1. The summed E-state index contributed by atoms with van der Waals surface area (Å²) in [5, 5.41) is 2.67. The van der Waals surface area contributed by atoms with Crippen molar-refractivity contribution in [1.29, 1.82) is 0 Å². The number of nitrogens with one attached hydrogen (secondary N) is 1. The lowest BCUT2D eigenvalue weighted by Crippen LogP contribution is -2.49. The van der Waals surface area contributed by atoms with E-state index >= 15 is 0 Å². The first-order valence-electron chi connectivity index (χ1n) is 6.40. The molecule has 1 unspecified atom stereocenters. The van der Waals surface area contributed by atoms with E-state index in [1.165, 1.54) is 0 Å². The van der Waals surface area contributed by atoms with Crippen LogP contribution >= 0.6 is 0 Å². The number of carbonyl (C=O) groups is 2. The molecule has 0 saturated carbocycles. The van der Waals surface area contributed by atoms with Crippen LogP contribution in [0.1, 0.15) is 26.2 Å². The molecule has 0 aromatic carbocycles. The summed E-state index contributed by atoms with van der Waals surface area (Å²) in [6.45, 7) is 7.06. The van der Waals surface area contributed by atoms with Gasteiger partial charge in [-0.15, -0.1) is 0 Å². The smallest absolute Gasteiger partial charge is 0.334 e. The minimum absolute atomic E-state index is 0.00589. The lowest BCUT2D eigenvalue weighted by Gasteiger charge is -2.34. The molecule has 102 valence electrons. The summed E-state index contributed by atoms with van der Waals surface area (Å²) in [7, 11) is 1.63. The average Bonchev–Trinajstić information content (AvgIpc) is 2.38. The van der Waals surface area contributed by atoms with E-state index in [1.807, 2.05) is 4.90 Å². The van der Waals surface area contributed by atoms with E-state index in [9.17, 15) is 9.59 Å². The Hall–Kier alpha value is -1.36. The van der Waals surface area contributed by atoms with Crippen molar-refractivity contribution in [3.05, 3.63) is 12.2 Å². The van der Waals surface area contributed by atoms with Gasteiger partial charge in [-0.3, -0.25) is 9.69 Å². The van der Waals surface area contributed by atoms with Crippen LogP contribution in [0, 0.1) is 0 Å². The van der Waals surface area contributed by atoms with Crippen molar-refractivity contribution in [3.8, 4) is 0 Å². The molecule has 5 nitrogen and oxygen atoms in total. The van der Waals surface area contributed by atoms with Gasteiger partial charge >= 0.3 is 5.97 Å². The van der Waals surface area contributed by atoms with E-state index in [2.05, 4.69) is 11.9 Å². The first-order valence-corrected chi connectivity index (χ1v) is 6.40. The second-order valence-corrected chi connectivity index (χ2v) is 4.42. The summed E-state index contributed by atoms with van der Waals surface area (Å²) in [4.78, 5) is 25.3. The van der Waals surface area contributed by atoms with Gasteiger partial charge in [-0.2, -0.15) is 0 Å². The van der Waals surface area contributed by atoms with Crippen molar-refractivity contribution < 1.29 is 14.3 Å². The van der Waals surface area contributed by atoms with Crippen LogP contribution in [0.5, 0.6) is 0 Å². The van der Waals surface area contributed by atoms with Crippen molar-refractivity contribution >= 4 is 11.9 Å². The van der Waals surface area contributed by atoms with Crippen LogP contribution in [0.3, 0.4) is 0 Å². The Bertz CT molecular complexity index is 328. The molecule has 0 aliphatic carbocycles. The molecule has 1 atom stereocenters. The minimum Gasteiger partial charge on any atom is -0.463 e. The Morgan fingerprint density at radius 3 is 2.78 bits per heavy atom. The molecule has 1 saturated heterocycles. The van der Waals surface area contributed by atoms with Crippen LogP contribution < -0.4 is 5.32 Å². The van der Waals surface area contributed by atoms with Gasteiger partial charge in [-0.25, -0.2) is 4.79 Å². The first-order chi connectivity index (χ1) is 8.60. The highest BCUT2D eigenvalue weighted by Gasteiger charge is 2.29. The Kier molecular flexibility index (Phi) is 5.85. The molecule has 0 bridgehead atoms. The molecular formula is C13H22N2O3. The van der Waals surface area contributed by atoms with Crippen molar-refractivity contribution in [3.63, 3.8) is 0 Å². The summed E-state index contributed by atoms with van der Waals surface area (Å²) in [5.74, 6) is -0.370. The summed E-state index contributed by atoms with van der Waals surface area (Å²) < 4.78 is 4.90. The molecule has 5 heteroatoms. The van der Waals surface area contributed by atoms with Gasteiger partial charge in [0.05, 0.1) is 12.6 Å². The molecule has 1 fully saturated rings. The lowest BCUT2D eigenvalue weighted by molar-refractivity contribution is -0.139. The number of esters is 1. The maximum atomic E-state index is 11.8. The third-order valence-corrected chi connectivity index (χ3v) is 3.12. The highest BCUT2D eigenvalue weighted by Crippen LogP contribution is 2.18. The van der Waals surface area contributed by atoms with Gasteiger partial charge in [0.15, 0.2) is 0 Å². The number of hydrogen-bond acceptors (Lipinski definition) is 4. The average molecular weight is 254 g/mol. The Morgan fingerprint density at radius 2 is 2.17 bits per heavy atom. The van der Waals surface area contributed by atoms with Crippen molar-refractivity contribution in [2.45, 2.75) is 32.2 Å². The number of nitrogens with zero attached hydrogens (tertiary/aromatic N) is 1. The number of rotatable bonds is 5. The number of hydrogen-bond donors (Lipinski definition) is 1. The Morgan fingerprint density at radius 1 is 1.44 bits per heavy atom. The number of likely N-dealkylation sites (tertiary alicyclic amines) is 1. The zero-order valence-corrected chi connectivity index (χ0v) is 11.2. The molecule has 1 amide bonds. The zero-order valence-electron chi connectivity index (χ0n) is 11.2. The van der Waals surface area contributed by atoms with E-state index in [0.717, 1.165) is 25.8 Å². The molecule has 1 aliphatic heterocycles. The summed E-state index contributed by atoms with van der Waals surface area (Å²) in [6, 6.07) is -0.157. The van der Waals surface area contributed by atoms with E-state index in [-0.39, 0.29) is 17.9 Å². The molecule has 1 N–H and O–H groups in total. The largest absolute Gasteiger partial charge is 0.463 e. The molecule has 0 aromatic heterocycles. The third-order valence-electron chi connectivity index (χ3n) is 3.12. The predicted molar refractivity (Wildman–Crippen MR) is 69.1 cm³/mol. The first kappa shape index (κ1) is 14.7. The summed E-state index contributed by atoms with van der Waals surface area (Å²) in [6.07, 6.45) is 2.92. The standard InChI is InChI=1S/C13H22N2O3/c1-4-18-13(17)10(2)9-15-8-6-5-7-11(15)12(16)14-3/h11H,2,4-9H2,1,3H3,(H,14,16). The minimum atomic E-state index is -0.376. The number of likely N-dealkylation sites (N-methyl/N-ethyl adjacent to an activating group) is 1. The molecule has 1 heterocycles. The van der Waals surface area contributed by atoms with E-state index in [1.54, 1.807) is 14.0 Å². The maximum absolute atomic E-state index is 11.8. The lowest BCUT2D eigenvalue weighted by atomic mass is 10.0. The summed E-state index contributed by atoms with van der Waals surface area (Å²) in [5.41, 5.74) is 0.410. The monoisotopic (exact) mass is 254 g/mol. The fourth-order valence-electron chi connectivity index (χ4n) is 2.19. The normalized spacial score (nSPS) is 20.2. The fourth-order valence-corrected chi connectivity index (χ4v) is 2.19. The fraction of sp³-hybridized carbons (Fsp3) is 0.692. The quantitative estimate of drug-likeness (QED) is 0.580. The highest BCUT2D eigenvalue weighted by atomic mass is 16.5. The van der Waals surface area contributed by atoms with Crippen molar-refractivity contribution in [1.82, 2.24) is 10.2 Å². The van der Waals surface area contributed by atoms with Gasteiger partial charge in [-0.05, 0) is 26.3 Å². The molecular weight excluding hydrogens is 232 g/mol. The third kappa shape index (κ3) is 3.84.